The molecule has 0 spiro atoms. The van der Waals surface area contributed by atoms with E-state index in [1.54, 1.807) is 12.1 Å². The van der Waals surface area contributed by atoms with Crippen molar-refractivity contribution in [1.29, 1.82) is 0 Å². The Morgan fingerprint density at radius 2 is 2.29 bits per heavy atom. The van der Waals surface area contributed by atoms with Gasteiger partial charge in [-0.25, -0.2) is 4.79 Å². The van der Waals surface area contributed by atoms with Gasteiger partial charge in [-0.05, 0) is 12.1 Å². The predicted octanol–water partition coefficient (Wildman–Crippen LogP) is 1.40. The van der Waals surface area contributed by atoms with Crippen molar-refractivity contribution >= 4 is 28.6 Å². The van der Waals surface area contributed by atoms with Gasteiger partial charge in [0.2, 0.25) is 0 Å². The molecule has 0 saturated heterocycles. The molecule has 0 aromatic carbocycles. The van der Waals surface area contributed by atoms with E-state index in [9.17, 15) is 4.79 Å². The molecule has 0 amide bonds. The normalized spacial score (nSPS) is 10.4. The van der Waals surface area contributed by atoms with E-state index in [0.717, 1.165) is 5.39 Å². The molecule has 72 valence electrons. The number of halogens is 1. The maximum Gasteiger partial charge on any atom is 0.354 e. The van der Waals surface area contributed by atoms with Crippen LogP contribution in [0.1, 0.15) is 10.5 Å². The Kier molecular flexibility index (Phi) is 2.09. The van der Waals surface area contributed by atoms with Crippen molar-refractivity contribution in [3.8, 4) is 0 Å². The summed E-state index contributed by atoms with van der Waals surface area (Å²) in [6.45, 7) is 0. The minimum absolute atomic E-state index is 0.285. The summed E-state index contributed by atoms with van der Waals surface area (Å²) in [6, 6.07) is 3.23. The van der Waals surface area contributed by atoms with Crippen LogP contribution < -0.4 is 0 Å². The third-order valence-corrected chi connectivity index (χ3v) is 1.94. The van der Waals surface area contributed by atoms with Crippen LogP contribution in [-0.2, 0) is 4.74 Å². The first kappa shape index (κ1) is 8.96. The van der Waals surface area contributed by atoms with E-state index in [0.29, 0.717) is 11.3 Å². The molecule has 0 radical (unpaired) electrons. The Hall–Kier alpha value is -1.62. The maximum atomic E-state index is 11.1. The Labute approximate surface area is 84.0 Å². The summed E-state index contributed by atoms with van der Waals surface area (Å²) in [5, 5.41) is 8.42. The van der Waals surface area contributed by atoms with Crippen LogP contribution in [0.4, 0.5) is 0 Å². The van der Waals surface area contributed by atoms with Gasteiger partial charge in [0.1, 0.15) is 5.69 Å². The first-order valence-corrected chi connectivity index (χ1v) is 4.19. The van der Waals surface area contributed by atoms with E-state index in [4.69, 9.17) is 11.6 Å². The molecule has 5 nitrogen and oxygen atoms in total. The summed E-state index contributed by atoms with van der Waals surface area (Å²) in [7, 11) is 1.31. The van der Waals surface area contributed by atoms with E-state index in [1.165, 1.54) is 7.11 Å². The molecular weight excluding hydrogens is 206 g/mol. The van der Waals surface area contributed by atoms with Gasteiger partial charge in [0.05, 0.1) is 7.11 Å². The number of esters is 1. The third kappa shape index (κ3) is 1.42. The van der Waals surface area contributed by atoms with E-state index in [-0.39, 0.29) is 5.15 Å². The number of nitrogens with zero attached hydrogens (tertiary/aromatic N) is 2. The van der Waals surface area contributed by atoms with Crippen LogP contribution in [0.2, 0.25) is 5.15 Å². The fraction of sp³-hybridized carbons (Fsp3) is 0.125. The van der Waals surface area contributed by atoms with E-state index < -0.39 is 5.97 Å². The van der Waals surface area contributed by atoms with Crippen molar-refractivity contribution in [1.82, 2.24) is 15.2 Å². The fourth-order valence-electron chi connectivity index (χ4n) is 1.13. The lowest BCUT2D eigenvalue weighted by Crippen LogP contribution is -2.00. The number of methoxy groups -OCH3 is 1. The zero-order valence-electron chi connectivity index (χ0n) is 7.24. The topological polar surface area (TPSA) is 67.9 Å². The summed E-state index contributed by atoms with van der Waals surface area (Å²) in [5.41, 5.74) is 0.842. The number of fused-ring (bicyclic) bond motifs is 1. The highest BCUT2D eigenvalue weighted by molar-refractivity contribution is 6.29. The molecule has 0 atom stereocenters. The van der Waals surface area contributed by atoms with Crippen LogP contribution in [0.5, 0.6) is 0 Å². The summed E-state index contributed by atoms with van der Waals surface area (Å²) < 4.78 is 4.54. The summed E-state index contributed by atoms with van der Waals surface area (Å²) in [4.78, 5) is 13.9. The largest absolute Gasteiger partial charge is 0.464 e. The summed E-state index contributed by atoms with van der Waals surface area (Å²) in [5.74, 6) is -0.445. The number of aromatic amines is 1. The minimum atomic E-state index is -0.445. The Bertz CT molecular complexity index is 494. The first-order chi connectivity index (χ1) is 6.70. The molecule has 2 heterocycles. The molecule has 2 aromatic heterocycles. The monoisotopic (exact) mass is 211 g/mol. The number of aromatic nitrogens is 3. The lowest BCUT2D eigenvalue weighted by atomic mass is 10.3. The molecule has 0 fully saturated rings. The Morgan fingerprint density at radius 3 is 3.00 bits per heavy atom. The number of carbonyl (C=O) groups is 1. The smallest absolute Gasteiger partial charge is 0.354 e. The SMILES string of the molecule is COC(=O)c1cc2cc(Cl)nnc2[nH]1. The van der Waals surface area contributed by atoms with Gasteiger partial charge < -0.3 is 9.72 Å². The van der Waals surface area contributed by atoms with Crippen molar-refractivity contribution in [3.63, 3.8) is 0 Å². The molecule has 0 aliphatic carbocycles. The van der Waals surface area contributed by atoms with E-state index >= 15 is 0 Å². The zero-order chi connectivity index (χ0) is 10.1. The van der Waals surface area contributed by atoms with Crippen LogP contribution >= 0.6 is 11.6 Å². The number of rotatable bonds is 1. The van der Waals surface area contributed by atoms with Crippen molar-refractivity contribution in [2.75, 3.05) is 7.11 Å². The number of carbonyl (C=O) groups excluding carboxylic acids is 1. The summed E-state index contributed by atoms with van der Waals surface area (Å²) in [6.07, 6.45) is 0. The number of hydrogen-bond acceptors (Lipinski definition) is 4. The number of ether oxygens (including phenoxy) is 1. The molecular formula is C8H6ClN3O2. The Balaban J connectivity index is 2.56. The first-order valence-electron chi connectivity index (χ1n) is 3.81. The molecule has 6 heteroatoms. The van der Waals surface area contributed by atoms with Crippen molar-refractivity contribution in [3.05, 3.63) is 23.0 Å². The van der Waals surface area contributed by atoms with Crippen LogP contribution in [0.25, 0.3) is 11.0 Å². The van der Waals surface area contributed by atoms with Crippen LogP contribution in [0, 0.1) is 0 Å². The number of nitrogens with one attached hydrogen (secondary N) is 1. The molecule has 0 bridgehead atoms. The molecule has 2 aromatic rings. The van der Waals surface area contributed by atoms with Gasteiger partial charge in [0.25, 0.3) is 0 Å². The lowest BCUT2D eigenvalue weighted by Gasteiger charge is -1.91. The maximum absolute atomic E-state index is 11.1. The number of hydrogen-bond donors (Lipinski definition) is 1. The average Bonchev–Trinajstić information content (AvgIpc) is 2.59. The van der Waals surface area contributed by atoms with Gasteiger partial charge in [-0.1, -0.05) is 11.6 Å². The van der Waals surface area contributed by atoms with Crippen molar-refractivity contribution < 1.29 is 9.53 Å². The zero-order valence-corrected chi connectivity index (χ0v) is 8.00. The fourth-order valence-corrected chi connectivity index (χ4v) is 1.28. The molecule has 2 rings (SSSR count). The van der Waals surface area contributed by atoms with E-state index in [1.807, 2.05) is 0 Å². The third-order valence-electron chi connectivity index (χ3n) is 1.75. The highest BCUT2D eigenvalue weighted by Gasteiger charge is 2.10. The molecule has 0 saturated carbocycles. The van der Waals surface area contributed by atoms with Crippen LogP contribution in [0.15, 0.2) is 12.1 Å². The van der Waals surface area contributed by atoms with Gasteiger partial charge in [-0.15, -0.1) is 10.2 Å². The standard InChI is InChI=1S/C8H6ClN3O2/c1-14-8(13)5-2-4-3-6(9)11-12-7(4)10-5/h2-3H,1H3,(H,10,12). The van der Waals surface area contributed by atoms with Crippen LogP contribution in [0.3, 0.4) is 0 Å². The molecule has 0 aliphatic rings. The summed E-state index contributed by atoms with van der Waals surface area (Å²) >= 11 is 5.64. The predicted molar refractivity (Wildman–Crippen MR) is 50.2 cm³/mol. The second kappa shape index (κ2) is 3.26. The number of H-pyrrole nitrogens is 1. The molecule has 0 aliphatic heterocycles. The Morgan fingerprint density at radius 1 is 1.50 bits per heavy atom. The minimum Gasteiger partial charge on any atom is -0.464 e. The van der Waals surface area contributed by atoms with Crippen molar-refractivity contribution in [2.45, 2.75) is 0 Å². The second-order valence-corrected chi connectivity index (χ2v) is 3.03. The molecule has 14 heavy (non-hydrogen) atoms. The van der Waals surface area contributed by atoms with Gasteiger partial charge in [-0.3, -0.25) is 0 Å². The van der Waals surface area contributed by atoms with E-state index in [2.05, 4.69) is 19.9 Å². The average molecular weight is 212 g/mol. The quantitative estimate of drug-likeness (QED) is 0.724. The molecule has 0 unspecified atom stereocenters. The highest BCUT2D eigenvalue weighted by Crippen LogP contribution is 2.15. The van der Waals surface area contributed by atoms with Crippen molar-refractivity contribution in [2.24, 2.45) is 0 Å². The van der Waals surface area contributed by atoms with Crippen LogP contribution in [-0.4, -0.2) is 28.3 Å². The highest BCUT2D eigenvalue weighted by atomic mass is 35.5. The van der Waals surface area contributed by atoms with Gasteiger partial charge >= 0.3 is 5.97 Å². The van der Waals surface area contributed by atoms with Gasteiger partial charge in [-0.2, -0.15) is 0 Å². The second-order valence-electron chi connectivity index (χ2n) is 2.65. The van der Waals surface area contributed by atoms with Gasteiger partial charge in [0.15, 0.2) is 10.8 Å². The lowest BCUT2D eigenvalue weighted by molar-refractivity contribution is 0.0595. The molecule has 1 N–H and O–H groups in total. The van der Waals surface area contributed by atoms with Gasteiger partial charge in [0, 0.05) is 5.39 Å².